The smallest absolute Gasteiger partial charge is 0.321 e. The minimum atomic E-state index is -0.0639. The Morgan fingerprint density at radius 2 is 1.85 bits per heavy atom. The van der Waals surface area contributed by atoms with Crippen LogP contribution in [0.3, 0.4) is 0 Å². The quantitative estimate of drug-likeness (QED) is 0.655. The Morgan fingerprint density at radius 3 is 2.62 bits per heavy atom. The van der Waals surface area contributed by atoms with Crippen LogP contribution in [0.2, 0.25) is 0 Å². The molecule has 0 spiro atoms. The van der Waals surface area contributed by atoms with Crippen molar-refractivity contribution in [2.75, 3.05) is 57.8 Å². The highest BCUT2D eigenvalue weighted by Crippen LogP contribution is 2.28. The number of nitrogens with zero attached hydrogens (tertiary/aromatic N) is 2. The monoisotopic (exact) mass is 464 g/mol. The molecule has 4 rings (SSSR count). The molecular formula is C27H36N4O3. The number of hydrogen-bond acceptors (Lipinski definition) is 4. The molecule has 34 heavy (non-hydrogen) atoms. The molecule has 0 aromatic heterocycles. The molecule has 2 aromatic carbocycles. The van der Waals surface area contributed by atoms with Crippen LogP contribution in [0.1, 0.15) is 47.2 Å². The number of hydrogen-bond donors (Lipinski definition) is 2. The predicted octanol–water partition coefficient (Wildman–Crippen LogP) is 3.72. The van der Waals surface area contributed by atoms with E-state index in [4.69, 9.17) is 4.74 Å². The van der Waals surface area contributed by atoms with E-state index in [0.717, 1.165) is 69.9 Å². The van der Waals surface area contributed by atoms with Crippen LogP contribution in [0, 0.1) is 0 Å². The fourth-order valence-corrected chi connectivity index (χ4v) is 4.65. The van der Waals surface area contributed by atoms with E-state index in [2.05, 4.69) is 28.5 Å². The van der Waals surface area contributed by atoms with E-state index in [1.165, 1.54) is 5.56 Å². The van der Waals surface area contributed by atoms with Crippen LogP contribution in [-0.4, -0.2) is 74.2 Å². The number of nitrogens with one attached hydrogen (secondary N) is 2. The SMILES string of the molecule is CCc1ccc(NC(=O)N2CCC[C@@H](c3cccc(C(=O)NCCN4CCOCC4)c3)C2)cc1. The zero-order valence-electron chi connectivity index (χ0n) is 20.1. The van der Waals surface area contributed by atoms with E-state index in [-0.39, 0.29) is 17.9 Å². The molecule has 0 radical (unpaired) electrons. The van der Waals surface area contributed by atoms with Gasteiger partial charge in [-0.3, -0.25) is 9.69 Å². The molecule has 0 unspecified atom stereocenters. The maximum atomic E-state index is 12.9. The van der Waals surface area contributed by atoms with Gasteiger partial charge in [0.1, 0.15) is 0 Å². The maximum Gasteiger partial charge on any atom is 0.321 e. The first-order valence-corrected chi connectivity index (χ1v) is 12.5. The lowest BCUT2D eigenvalue weighted by Gasteiger charge is -2.33. The number of piperidine rings is 1. The molecule has 7 heteroatoms. The molecule has 2 fully saturated rings. The van der Waals surface area contributed by atoms with Crippen molar-refractivity contribution in [3.63, 3.8) is 0 Å². The van der Waals surface area contributed by atoms with Crippen molar-refractivity contribution in [2.24, 2.45) is 0 Å². The van der Waals surface area contributed by atoms with Crippen LogP contribution in [-0.2, 0) is 11.2 Å². The number of carbonyl (C=O) groups is 2. The van der Waals surface area contributed by atoms with E-state index >= 15 is 0 Å². The Balaban J connectivity index is 1.31. The number of ether oxygens (including phenoxy) is 1. The third-order valence-electron chi connectivity index (χ3n) is 6.76. The molecule has 182 valence electrons. The number of morpholine rings is 1. The van der Waals surface area contributed by atoms with Gasteiger partial charge in [0.05, 0.1) is 13.2 Å². The second-order valence-corrected chi connectivity index (χ2v) is 9.10. The van der Waals surface area contributed by atoms with Gasteiger partial charge in [-0.2, -0.15) is 0 Å². The van der Waals surface area contributed by atoms with E-state index in [1.54, 1.807) is 0 Å². The highest BCUT2D eigenvalue weighted by atomic mass is 16.5. The number of likely N-dealkylation sites (tertiary alicyclic amines) is 1. The molecule has 2 heterocycles. The highest BCUT2D eigenvalue weighted by Gasteiger charge is 2.25. The lowest BCUT2D eigenvalue weighted by molar-refractivity contribution is 0.0383. The number of benzene rings is 2. The molecule has 2 saturated heterocycles. The van der Waals surface area contributed by atoms with Crippen molar-refractivity contribution in [1.82, 2.24) is 15.1 Å². The highest BCUT2D eigenvalue weighted by molar-refractivity contribution is 5.94. The zero-order chi connectivity index (χ0) is 23.8. The summed E-state index contributed by atoms with van der Waals surface area (Å²) in [5.74, 6) is 0.180. The lowest BCUT2D eigenvalue weighted by Crippen LogP contribution is -2.41. The molecule has 3 amide bonds. The van der Waals surface area contributed by atoms with E-state index in [0.29, 0.717) is 18.7 Å². The van der Waals surface area contributed by atoms with Gasteiger partial charge in [0, 0.05) is 56.4 Å². The summed E-state index contributed by atoms with van der Waals surface area (Å²) in [6, 6.07) is 15.8. The Hall–Kier alpha value is -2.90. The van der Waals surface area contributed by atoms with Gasteiger partial charge < -0.3 is 20.3 Å². The van der Waals surface area contributed by atoms with Gasteiger partial charge in [-0.15, -0.1) is 0 Å². The third kappa shape index (κ3) is 6.58. The normalized spacial score (nSPS) is 19.0. The number of amides is 3. The summed E-state index contributed by atoms with van der Waals surface area (Å²) in [7, 11) is 0. The summed E-state index contributed by atoms with van der Waals surface area (Å²) >= 11 is 0. The fraction of sp³-hybridized carbons (Fsp3) is 0.481. The van der Waals surface area contributed by atoms with Gasteiger partial charge in [-0.25, -0.2) is 4.79 Å². The topological polar surface area (TPSA) is 73.9 Å². The number of anilines is 1. The minimum absolute atomic E-state index is 0.0453. The van der Waals surface area contributed by atoms with E-state index in [1.807, 2.05) is 47.4 Å². The Morgan fingerprint density at radius 1 is 1.06 bits per heavy atom. The average Bonchev–Trinajstić information content (AvgIpc) is 2.90. The summed E-state index contributed by atoms with van der Waals surface area (Å²) in [5.41, 5.74) is 3.86. The zero-order valence-corrected chi connectivity index (χ0v) is 20.1. The van der Waals surface area contributed by atoms with Crippen LogP contribution in [0.4, 0.5) is 10.5 Å². The van der Waals surface area contributed by atoms with E-state index < -0.39 is 0 Å². The fourth-order valence-electron chi connectivity index (χ4n) is 4.65. The van der Waals surface area contributed by atoms with Crippen LogP contribution >= 0.6 is 0 Å². The molecule has 7 nitrogen and oxygen atoms in total. The van der Waals surface area contributed by atoms with E-state index in [9.17, 15) is 9.59 Å². The molecule has 0 bridgehead atoms. The molecule has 0 aliphatic carbocycles. The average molecular weight is 465 g/mol. The summed E-state index contributed by atoms with van der Waals surface area (Å²) in [5, 5.41) is 6.07. The maximum absolute atomic E-state index is 12.9. The van der Waals surface area contributed by atoms with Gasteiger partial charge in [0.15, 0.2) is 0 Å². The molecule has 2 aromatic rings. The first kappa shape index (κ1) is 24.2. The Labute approximate surface area is 202 Å². The summed E-state index contributed by atoms with van der Waals surface area (Å²) in [6.45, 7) is 8.34. The summed E-state index contributed by atoms with van der Waals surface area (Å²) in [6.07, 6.45) is 2.94. The van der Waals surface area contributed by atoms with Crippen LogP contribution in [0.25, 0.3) is 0 Å². The molecule has 0 saturated carbocycles. The minimum Gasteiger partial charge on any atom is -0.379 e. The van der Waals surface area contributed by atoms with Gasteiger partial charge in [-0.05, 0) is 54.7 Å². The molecule has 2 aliphatic rings. The summed E-state index contributed by atoms with van der Waals surface area (Å²) in [4.78, 5) is 29.8. The first-order chi connectivity index (χ1) is 16.6. The number of rotatable bonds is 7. The predicted molar refractivity (Wildman–Crippen MR) is 134 cm³/mol. The van der Waals surface area contributed by atoms with Gasteiger partial charge in [0.25, 0.3) is 5.91 Å². The Bertz CT molecular complexity index is 957. The molecule has 2 aliphatic heterocycles. The molecule has 2 N–H and O–H groups in total. The van der Waals surface area contributed by atoms with Crippen molar-refractivity contribution in [2.45, 2.75) is 32.1 Å². The third-order valence-corrected chi connectivity index (χ3v) is 6.76. The largest absolute Gasteiger partial charge is 0.379 e. The van der Waals surface area contributed by atoms with Crippen molar-refractivity contribution < 1.29 is 14.3 Å². The lowest BCUT2D eigenvalue weighted by atomic mass is 9.89. The summed E-state index contributed by atoms with van der Waals surface area (Å²) < 4.78 is 5.37. The van der Waals surface area contributed by atoms with Gasteiger partial charge in [0.2, 0.25) is 0 Å². The van der Waals surface area contributed by atoms with Crippen molar-refractivity contribution in [1.29, 1.82) is 0 Å². The van der Waals surface area contributed by atoms with Crippen LogP contribution < -0.4 is 10.6 Å². The van der Waals surface area contributed by atoms with Crippen molar-refractivity contribution >= 4 is 17.6 Å². The van der Waals surface area contributed by atoms with Crippen LogP contribution in [0.15, 0.2) is 48.5 Å². The number of urea groups is 1. The van der Waals surface area contributed by atoms with Crippen molar-refractivity contribution in [3.8, 4) is 0 Å². The second-order valence-electron chi connectivity index (χ2n) is 9.10. The Kier molecular flexibility index (Phi) is 8.55. The van der Waals surface area contributed by atoms with Crippen molar-refractivity contribution in [3.05, 3.63) is 65.2 Å². The molecular weight excluding hydrogens is 428 g/mol. The second kappa shape index (κ2) is 12.0. The van der Waals surface area contributed by atoms with Gasteiger partial charge in [-0.1, -0.05) is 31.2 Å². The number of carbonyl (C=O) groups excluding carboxylic acids is 2. The standard InChI is InChI=1S/C27H36N4O3/c1-2-21-8-10-25(11-9-21)29-27(33)31-13-4-7-24(20-31)22-5-3-6-23(19-22)26(32)28-12-14-30-15-17-34-18-16-30/h3,5-6,8-11,19,24H,2,4,7,12-18,20H2,1H3,(H,28,32)(H,29,33)/t24-/m1/s1. The first-order valence-electron chi connectivity index (χ1n) is 12.5. The number of aryl methyl sites for hydroxylation is 1. The van der Waals surface area contributed by atoms with Crippen LogP contribution in [0.5, 0.6) is 0 Å². The van der Waals surface area contributed by atoms with Gasteiger partial charge >= 0.3 is 6.03 Å². The molecule has 1 atom stereocenters.